The number of rotatable bonds is 8. The zero-order valence-corrected chi connectivity index (χ0v) is 16.7. The van der Waals surface area contributed by atoms with Crippen molar-refractivity contribution in [2.45, 2.75) is 38.3 Å². The van der Waals surface area contributed by atoms with Gasteiger partial charge in [-0.1, -0.05) is 18.2 Å². The third-order valence-corrected chi connectivity index (χ3v) is 6.54. The molecule has 1 saturated carbocycles. The van der Waals surface area contributed by atoms with E-state index in [1.807, 2.05) is 25.1 Å². The maximum absolute atomic E-state index is 12.6. The molecular formula is C20H25NO6S. The van der Waals surface area contributed by atoms with Crippen molar-refractivity contribution in [3.63, 3.8) is 0 Å². The Morgan fingerprint density at radius 2 is 1.93 bits per heavy atom. The monoisotopic (exact) mass is 407 g/mol. The van der Waals surface area contributed by atoms with E-state index in [1.54, 1.807) is 17.0 Å². The van der Waals surface area contributed by atoms with E-state index in [9.17, 15) is 18.0 Å². The molecule has 1 atom stereocenters. The topological polar surface area (TPSA) is 90.0 Å². The number of carbonyl (C=O) groups is 2. The van der Waals surface area contributed by atoms with E-state index in [0.717, 1.165) is 18.4 Å². The lowest BCUT2D eigenvalue weighted by Crippen LogP contribution is -2.44. The van der Waals surface area contributed by atoms with E-state index >= 15 is 0 Å². The molecule has 1 aromatic rings. The number of ether oxygens (including phenoxy) is 2. The van der Waals surface area contributed by atoms with Crippen LogP contribution in [-0.4, -0.2) is 62.0 Å². The van der Waals surface area contributed by atoms with E-state index in [2.05, 4.69) is 0 Å². The predicted octanol–water partition coefficient (Wildman–Crippen LogP) is 1.82. The summed E-state index contributed by atoms with van der Waals surface area (Å²) >= 11 is 0. The van der Waals surface area contributed by atoms with Crippen LogP contribution in [0.4, 0.5) is 0 Å². The Bertz CT molecular complexity index is 859. The van der Waals surface area contributed by atoms with Crippen molar-refractivity contribution in [2.75, 3.05) is 24.7 Å². The fraction of sp³-hybridized carbons (Fsp3) is 0.500. The average molecular weight is 407 g/mol. The van der Waals surface area contributed by atoms with Crippen molar-refractivity contribution in [3.8, 4) is 5.75 Å². The van der Waals surface area contributed by atoms with Gasteiger partial charge in [-0.2, -0.15) is 0 Å². The number of nitrogens with zero attached hydrogens (tertiary/aromatic N) is 1. The van der Waals surface area contributed by atoms with Gasteiger partial charge in [-0.3, -0.25) is 4.79 Å². The van der Waals surface area contributed by atoms with Crippen molar-refractivity contribution in [1.29, 1.82) is 0 Å². The van der Waals surface area contributed by atoms with E-state index in [-0.39, 0.29) is 36.1 Å². The van der Waals surface area contributed by atoms with Crippen molar-refractivity contribution in [2.24, 2.45) is 0 Å². The Morgan fingerprint density at radius 3 is 2.57 bits per heavy atom. The molecular weight excluding hydrogens is 382 g/mol. The van der Waals surface area contributed by atoms with Gasteiger partial charge < -0.3 is 14.4 Å². The molecule has 0 bridgehead atoms. The van der Waals surface area contributed by atoms with Gasteiger partial charge in [0, 0.05) is 23.7 Å². The summed E-state index contributed by atoms with van der Waals surface area (Å²) in [6.07, 6.45) is 5.02. The van der Waals surface area contributed by atoms with Gasteiger partial charge in [0.2, 0.25) is 0 Å². The Hall–Kier alpha value is -2.35. The van der Waals surface area contributed by atoms with Crippen molar-refractivity contribution in [3.05, 3.63) is 35.9 Å². The first-order chi connectivity index (χ1) is 13.4. The first kappa shape index (κ1) is 20.4. The van der Waals surface area contributed by atoms with Gasteiger partial charge in [-0.15, -0.1) is 0 Å². The van der Waals surface area contributed by atoms with Gasteiger partial charge >= 0.3 is 5.97 Å². The van der Waals surface area contributed by atoms with Gasteiger partial charge in [-0.25, -0.2) is 13.2 Å². The zero-order chi connectivity index (χ0) is 20.1. The second-order valence-corrected chi connectivity index (χ2v) is 9.23. The van der Waals surface area contributed by atoms with Crippen molar-refractivity contribution in [1.82, 2.24) is 4.90 Å². The van der Waals surface area contributed by atoms with Gasteiger partial charge in [0.1, 0.15) is 5.75 Å². The number of esters is 1. The number of benzene rings is 1. The van der Waals surface area contributed by atoms with Gasteiger partial charge in [0.15, 0.2) is 16.4 Å². The van der Waals surface area contributed by atoms with Gasteiger partial charge in [0.05, 0.1) is 18.1 Å². The fourth-order valence-corrected chi connectivity index (χ4v) is 5.08. The molecule has 7 nitrogen and oxygen atoms in total. The van der Waals surface area contributed by atoms with Crippen LogP contribution in [0, 0.1) is 0 Å². The number of hydrogen-bond donors (Lipinski definition) is 0. The third-order valence-electron chi connectivity index (χ3n) is 4.79. The maximum Gasteiger partial charge on any atom is 0.331 e. The summed E-state index contributed by atoms with van der Waals surface area (Å²) in [6, 6.07) is 7.06. The lowest BCUT2D eigenvalue weighted by atomic mass is 10.2. The lowest BCUT2D eigenvalue weighted by molar-refractivity contribution is -0.149. The molecule has 2 aliphatic rings. The minimum absolute atomic E-state index is 0.00268. The van der Waals surface area contributed by atoms with E-state index in [1.165, 1.54) is 6.08 Å². The first-order valence-corrected chi connectivity index (χ1v) is 11.3. The highest BCUT2D eigenvalue weighted by atomic mass is 32.2. The summed E-state index contributed by atoms with van der Waals surface area (Å²) in [7, 11) is -3.08. The molecule has 3 rings (SSSR count). The fourth-order valence-electron chi connectivity index (χ4n) is 3.37. The second kappa shape index (κ2) is 8.77. The summed E-state index contributed by atoms with van der Waals surface area (Å²) in [4.78, 5) is 26.2. The summed E-state index contributed by atoms with van der Waals surface area (Å²) < 4.78 is 34.0. The van der Waals surface area contributed by atoms with Crippen LogP contribution in [0.5, 0.6) is 5.75 Å². The van der Waals surface area contributed by atoms with Gasteiger partial charge in [-0.05, 0) is 38.3 Å². The molecule has 0 radical (unpaired) electrons. The van der Waals surface area contributed by atoms with Gasteiger partial charge in [0.25, 0.3) is 5.91 Å². The molecule has 152 valence electrons. The second-order valence-electron chi connectivity index (χ2n) is 7.00. The van der Waals surface area contributed by atoms with Crippen LogP contribution in [-0.2, 0) is 24.2 Å². The van der Waals surface area contributed by atoms with E-state index in [4.69, 9.17) is 9.47 Å². The number of carbonyl (C=O) groups excluding carboxylic acids is 2. The summed E-state index contributed by atoms with van der Waals surface area (Å²) in [5.74, 6) is -0.198. The van der Waals surface area contributed by atoms with Crippen LogP contribution in [0.3, 0.4) is 0 Å². The molecule has 1 heterocycles. The van der Waals surface area contributed by atoms with Crippen LogP contribution >= 0.6 is 0 Å². The highest BCUT2D eigenvalue weighted by Crippen LogP contribution is 2.32. The molecule has 1 aromatic carbocycles. The standard InChI is InChI=1S/C20H25NO6S/c1-2-26-18-6-4-3-5-15(18)7-10-20(23)27-13-19(22)21(16-8-9-16)17-11-12-28(24,25)14-17/h3-7,10,16-17H,2,8-9,11-14H2,1H3/b10-7+/t17-/m0/s1. The van der Waals surface area contributed by atoms with Crippen molar-refractivity contribution >= 4 is 27.8 Å². The minimum atomic E-state index is -3.08. The summed E-state index contributed by atoms with van der Waals surface area (Å²) in [5.41, 5.74) is 0.739. The quantitative estimate of drug-likeness (QED) is 0.482. The minimum Gasteiger partial charge on any atom is -0.493 e. The predicted molar refractivity (Wildman–Crippen MR) is 105 cm³/mol. The Morgan fingerprint density at radius 1 is 1.18 bits per heavy atom. The molecule has 0 spiro atoms. The molecule has 1 aliphatic heterocycles. The number of sulfone groups is 1. The largest absolute Gasteiger partial charge is 0.493 e. The molecule has 0 aromatic heterocycles. The highest BCUT2D eigenvalue weighted by molar-refractivity contribution is 7.91. The molecule has 1 amide bonds. The molecule has 1 aliphatic carbocycles. The van der Waals surface area contributed by atoms with E-state index < -0.39 is 15.8 Å². The van der Waals surface area contributed by atoms with E-state index in [0.29, 0.717) is 18.8 Å². The van der Waals surface area contributed by atoms with Crippen LogP contribution in [0.25, 0.3) is 6.08 Å². The first-order valence-electron chi connectivity index (χ1n) is 9.48. The normalized spacial score (nSPS) is 20.8. The Labute approximate surface area is 165 Å². The average Bonchev–Trinajstić information content (AvgIpc) is 3.42. The molecule has 8 heteroatoms. The number of para-hydroxylation sites is 1. The molecule has 1 saturated heterocycles. The molecule has 28 heavy (non-hydrogen) atoms. The zero-order valence-electron chi connectivity index (χ0n) is 15.9. The Balaban J connectivity index is 1.55. The summed E-state index contributed by atoms with van der Waals surface area (Å²) in [5, 5.41) is 0. The summed E-state index contributed by atoms with van der Waals surface area (Å²) in [6.45, 7) is 2.00. The molecule has 2 fully saturated rings. The SMILES string of the molecule is CCOc1ccccc1/C=C/C(=O)OCC(=O)N(C1CC1)[C@H]1CCS(=O)(=O)C1. The van der Waals surface area contributed by atoms with Crippen molar-refractivity contribution < 1.29 is 27.5 Å². The number of amides is 1. The third kappa shape index (κ3) is 5.34. The molecule has 0 N–H and O–H groups in total. The highest BCUT2D eigenvalue weighted by Gasteiger charge is 2.42. The Kier molecular flexibility index (Phi) is 6.39. The van der Waals surface area contributed by atoms with Crippen LogP contribution < -0.4 is 4.74 Å². The lowest BCUT2D eigenvalue weighted by Gasteiger charge is -2.28. The van der Waals surface area contributed by atoms with Crippen LogP contribution in [0.15, 0.2) is 30.3 Å². The maximum atomic E-state index is 12.6. The van der Waals surface area contributed by atoms with Crippen LogP contribution in [0.2, 0.25) is 0 Å². The number of hydrogen-bond acceptors (Lipinski definition) is 6. The smallest absolute Gasteiger partial charge is 0.331 e. The van der Waals surface area contributed by atoms with Crippen LogP contribution in [0.1, 0.15) is 31.7 Å². The molecule has 0 unspecified atom stereocenters.